The zero-order valence-electron chi connectivity index (χ0n) is 11.2. The number of nitro groups is 1. The molecule has 0 atom stereocenters. The lowest BCUT2D eigenvalue weighted by Crippen LogP contribution is -1.92. The minimum atomic E-state index is -0.380. The highest BCUT2D eigenvalue weighted by Crippen LogP contribution is 2.25. The molecule has 0 amide bonds. The Morgan fingerprint density at radius 3 is 2.55 bits per heavy atom. The highest BCUT2D eigenvalue weighted by molar-refractivity contribution is 7.99. The maximum atomic E-state index is 10.6. The number of benzene rings is 2. The molecule has 0 bridgehead atoms. The van der Waals surface area contributed by atoms with E-state index in [1.54, 1.807) is 23.9 Å². The summed E-state index contributed by atoms with van der Waals surface area (Å²) in [6.07, 6.45) is 0.872. The summed E-state index contributed by atoms with van der Waals surface area (Å²) in [6.45, 7) is 2.06. The molecule has 2 rings (SSSR count). The van der Waals surface area contributed by atoms with Gasteiger partial charge in [0.1, 0.15) is 0 Å². The lowest BCUT2D eigenvalue weighted by Gasteiger charge is -2.06. The zero-order valence-corrected chi connectivity index (χ0v) is 12.0. The normalized spacial score (nSPS) is 10.4. The van der Waals surface area contributed by atoms with E-state index in [0.29, 0.717) is 0 Å². The predicted octanol–water partition coefficient (Wildman–Crippen LogP) is 3.82. The number of nitro benzene ring substituents is 1. The van der Waals surface area contributed by atoms with Gasteiger partial charge in [0, 0.05) is 28.5 Å². The number of anilines is 1. The Labute approximate surface area is 122 Å². The Hall–Kier alpha value is -2.01. The van der Waals surface area contributed by atoms with Crippen LogP contribution in [0.1, 0.15) is 11.1 Å². The number of hydrogen-bond acceptors (Lipinski definition) is 4. The van der Waals surface area contributed by atoms with E-state index in [4.69, 9.17) is 5.73 Å². The van der Waals surface area contributed by atoms with Crippen LogP contribution < -0.4 is 5.73 Å². The van der Waals surface area contributed by atoms with E-state index < -0.39 is 0 Å². The lowest BCUT2D eigenvalue weighted by molar-refractivity contribution is -0.384. The number of hydrogen-bond donors (Lipinski definition) is 1. The number of aryl methyl sites for hydroxylation is 2. The monoisotopic (exact) mass is 288 g/mol. The smallest absolute Gasteiger partial charge is 0.269 e. The fourth-order valence-electron chi connectivity index (χ4n) is 1.84. The number of rotatable bonds is 5. The van der Waals surface area contributed by atoms with E-state index in [2.05, 4.69) is 6.92 Å². The van der Waals surface area contributed by atoms with Crippen molar-refractivity contribution >= 4 is 23.1 Å². The second kappa shape index (κ2) is 6.43. The standard InChI is InChI=1S/C15H16N2O2S/c1-11-2-5-13(16)10-15(11)20-9-8-12-3-6-14(7-4-12)17(18)19/h2-7,10H,8-9,16H2,1H3. The molecule has 20 heavy (non-hydrogen) atoms. The summed E-state index contributed by atoms with van der Waals surface area (Å²) in [7, 11) is 0. The van der Waals surface area contributed by atoms with Crippen molar-refractivity contribution in [2.45, 2.75) is 18.2 Å². The Morgan fingerprint density at radius 2 is 1.90 bits per heavy atom. The summed E-state index contributed by atoms with van der Waals surface area (Å²) in [5.74, 6) is 0.919. The van der Waals surface area contributed by atoms with Gasteiger partial charge < -0.3 is 5.73 Å². The number of thioether (sulfide) groups is 1. The van der Waals surface area contributed by atoms with Crippen molar-refractivity contribution in [3.05, 3.63) is 63.7 Å². The topological polar surface area (TPSA) is 69.2 Å². The second-order valence-electron chi connectivity index (χ2n) is 4.55. The van der Waals surface area contributed by atoms with Gasteiger partial charge in [-0.1, -0.05) is 18.2 Å². The molecular weight excluding hydrogens is 272 g/mol. The quantitative estimate of drug-likeness (QED) is 0.393. The maximum Gasteiger partial charge on any atom is 0.269 e. The van der Waals surface area contributed by atoms with Crippen LogP contribution in [0.4, 0.5) is 11.4 Å². The molecular formula is C15H16N2O2S. The highest BCUT2D eigenvalue weighted by Gasteiger charge is 2.04. The summed E-state index contributed by atoms with van der Waals surface area (Å²) >= 11 is 1.75. The lowest BCUT2D eigenvalue weighted by atomic mass is 10.1. The van der Waals surface area contributed by atoms with Gasteiger partial charge in [-0.05, 0) is 36.6 Å². The number of nitrogens with two attached hydrogens (primary N) is 1. The van der Waals surface area contributed by atoms with E-state index in [1.165, 1.54) is 10.5 Å². The van der Waals surface area contributed by atoms with Gasteiger partial charge in [0.15, 0.2) is 0 Å². The van der Waals surface area contributed by atoms with E-state index in [0.717, 1.165) is 23.4 Å². The predicted molar refractivity (Wildman–Crippen MR) is 83.1 cm³/mol. The number of non-ortho nitro benzene ring substituents is 1. The molecule has 0 unspecified atom stereocenters. The molecule has 4 nitrogen and oxygen atoms in total. The van der Waals surface area contributed by atoms with Crippen molar-refractivity contribution in [3.8, 4) is 0 Å². The first-order chi connectivity index (χ1) is 9.56. The molecule has 0 aliphatic carbocycles. The average Bonchev–Trinajstić information content (AvgIpc) is 2.43. The van der Waals surface area contributed by atoms with E-state index in [-0.39, 0.29) is 10.6 Å². The van der Waals surface area contributed by atoms with Gasteiger partial charge in [0.25, 0.3) is 5.69 Å². The molecule has 2 N–H and O–H groups in total. The Morgan fingerprint density at radius 1 is 1.20 bits per heavy atom. The van der Waals surface area contributed by atoms with Crippen molar-refractivity contribution < 1.29 is 4.92 Å². The molecule has 0 heterocycles. The summed E-state index contributed by atoms with van der Waals surface area (Å²) in [5.41, 5.74) is 9.00. The van der Waals surface area contributed by atoms with Crippen LogP contribution in [0.3, 0.4) is 0 Å². The van der Waals surface area contributed by atoms with Crippen LogP contribution in [-0.4, -0.2) is 10.7 Å². The highest BCUT2D eigenvalue weighted by atomic mass is 32.2. The molecule has 104 valence electrons. The van der Waals surface area contributed by atoms with Crippen LogP contribution in [-0.2, 0) is 6.42 Å². The fraction of sp³-hybridized carbons (Fsp3) is 0.200. The van der Waals surface area contributed by atoms with E-state index in [1.807, 2.05) is 30.3 Å². The molecule has 0 saturated heterocycles. The largest absolute Gasteiger partial charge is 0.399 e. The molecule has 0 saturated carbocycles. The first-order valence-electron chi connectivity index (χ1n) is 6.28. The third-order valence-corrected chi connectivity index (χ3v) is 4.17. The fourth-order valence-corrected chi connectivity index (χ4v) is 2.91. The summed E-state index contributed by atoms with van der Waals surface area (Å²) in [5, 5.41) is 10.6. The number of nitrogens with zero attached hydrogens (tertiary/aromatic N) is 1. The Kier molecular flexibility index (Phi) is 4.63. The first-order valence-corrected chi connectivity index (χ1v) is 7.27. The summed E-state index contributed by atoms with van der Waals surface area (Å²) in [4.78, 5) is 11.4. The van der Waals surface area contributed by atoms with Crippen LogP contribution in [0.15, 0.2) is 47.4 Å². The molecule has 2 aromatic rings. The summed E-state index contributed by atoms with van der Waals surface area (Å²) < 4.78 is 0. The minimum Gasteiger partial charge on any atom is -0.399 e. The van der Waals surface area contributed by atoms with E-state index in [9.17, 15) is 10.1 Å². The van der Waals surface area contributed by atoms with Crippen molar-refractivity contribution in [2.75, 3.05) is 11.5 Å². The van der Waals surface area contributed by atoms with Gasteiger partial charge in [0.05, 0.1) is 4.92 Å². The maximum absolute atomic E-state index is 10.6. The molecule has 0 aliphatic rings. The van der Waals surface area contributed by atoms with Crippen LogP contribution in [0.2, 0.25) is 0 Å². The van der Waals surface area contributed by atoms with E-state index >= 15 is 0 Å². The Balaban J connectivity index is 1.92. The third-order valence-electron chi connectivity index (χ3n) is 3.01. The van der Waals surface area contributed by atoms with Crippen molar-refractivity contribution in [1.29, 1.82) is 0 Å². The van der Waals surface area contributed by atoms with Gasteiger partial charge in [-0.3, -0.25) is 10.1 Å². The van der Waals surface area contributed by atoms with Gasteiger partial charge in [-0.25, -0.2) is 0 Å². The van der Waals surface area contributed by atoms with Gasteiger partial charge >= 0.3 is 0 Å². The molecule has 5 heteroatoms. The van der Waals surface area contributed by atoms with Crippen LogP contribution >= 0.6 is 11.8 Å². The number of nitrogen functional groups attached to an aromatic ring is 1. The SMILES string of the molecule is Cc1ccc(N)cc1SCCc1ccc([N+](=O)[O-])cc1. The van der Waals surface area contributed by atoms with Crippen LogP contribution in [0.5, 0.6) is 0 Å². The first kappa shape index (κ1) is 14.4. The summed E-state index contributed by atoms with van der Waals surface area (Å²) in [6, 6.07) is 12.6. The van der Waals surface area contributed by atoms with Gasteiger partial charge in [-0.2, -0.15) is 0 Å². The molecule has 0 fully saturated rings. The van der Waals surface area contributed by atoms with Crippen molar-refractivity contribution in [2.24, 2.45) is 0 Å². The molecule has 0 radical (unpaired) electrons. The van der Waals surface area contributed by atoms with Crippen LogP contribution in [0, 0.1) is 17.0 Å². The van der Waals surface area contributed by atoms with Gasteiger partial charge in [-0.15, -0.1) is 11.8 Å². The van der Waals surface area contributed by atoms with Crippen LogP contribution in [0.25, 0.3) is 0 Å². The average molecular weight is 288 g/mol. The third kappa shape index (κ3) is 3.74. The molecule has 0 aromatic heterocycles. The zero-order chi connectivity index (χ0) is 14.5. The minimum absolute atomic E-state index is 0.132. The molecule has 2 aromatic carbocycles. The molecule has 0 spiro atoms. The molecule has 0 aliphatic heterocycles. The Bertz CT molecular complexity index is 612. The van der Waals surface area contributed by atoms with Crippen molar-refractivity contribution in [3.63, 3.8) is 0 Å². The van der Waals surface area contributed by atoms with Crippen molar-refractivity contribution in [1.82, 2.24) is 0 Å². The second-order valence-corrected chi connectivity index (χ2v) is 5.68. The van der Waals surface area contributed by atoms with Gasteiger partial charge in [0.2, 0.25) is 0 Å².